The van der Waals surface area contributed by atoms with Gasteiger partial charge in [0.2, 0.25) is 11.8 Å². The molecule has 0 spiro atoms. The van der Waals surface area contributed by atoms with Crippen LogP contribution < -0.4 is 20.8 Å². The summed E-state index contributed by atoms with van der Waals surface area (Å²) in [4.78, 5) is 90.0. The van der Waals surface area contributed by atoms with Crippen LogP contribution in [0.25, 0.3) is 0 Å². The van der Waals surface area contributed by atoms with Crippen molar-refractivity contribution in [2.24, 2.45) is 11.0 Å². The van der Waals surface area contributed by atoms with Crippen LogP contribution >= 0.6 is 21.6 Å². The first-order chi connectivity index (χ1) is 36.9. The standard InChI is InChI=1S/C51H60B2FN9O11S3/c1-50(2,29-41(64)59-58-39-16-26-77(70,71)40-28-36(9-10-37(39)40)72-24-4-6-45(68)73-63-43(66)11-12-44(63)67)76-75-25-15-42(65)61-22-20-60(21-23-61)35-13-18-62(19-14-35)49(69)56-31-32-7-8-34(27-38(32)54)57-48-47-46(51(47,52)74-53-48)33-5-3-17-55-30-33/h3,5,7-10,17,27-28,30,35,46-47,57H,4,6,11-16,18-26,29,31H2,1-2H3,(H,56,69)(H,59,64)/b58-39+. The molecule has 3 unspecified atom stereocenters. The van der Waals surface area contributed by atoms with Gasteiger partial charge in [-0.1, -0.05) is 21.6 Å². The molecule has 6 heterocycles. The van der Waals surface area contributed by atoms with Gasteiger partial charge in [-0.3, -0.25) is 24.1 Å². The van der Waals surface area contributed by atoms with Crippen LogP contribution in [0.3, 0.4) is 0 Å². The average molecular weight is 1110 g/mol. The number of rotatable bonds is 20. The van der Waals surface area contributed by atoms with E-state index >= 15 is 4.39 Å². The van der Waals surface area contributed by atoms with Crippen LogP contribution in [0.15, 0.2) is 70.9 Å². The van der Waals surface area contributed by atoms with Crippen LogP contribution in [0.5, 0.6) is 5.75 Å². The van der Waals surface area contributed by atoms with Gasteiger partial charge < -0.3 is 14.5 Å². The van der Waals surface area contributed by atoms with Crippen molar-refractivity contribution in [1.82, 2.24) is 35.5 Å². The number of anilines is 1. The number of halogens is 1. The molecule has 1 aromatic heterocycles. The fraction of sp³-hybridized carbons (Fsp3) is 0.510. The molecular formula is C51H60B2FN9O11S3. The van der Waals surface area contributed by atoms with Gasteiger partial charge >= 0.3 is 182 Å². The van der Waals surface area contributed by atoms with E-state index in [1.165, 1.54) is 33.7 Å². The Morgan fingerprint density at radius 3 is 2.47 bits per heavy atom. The number of piperidine rings is 1. The van der Waals surface area contributed by atoms with Crippen molar-refractivity contribution in [1.29, 1.82) is 0 Å². The Balaban J connectivity index is 0.631. The van der Waals surface area contributed by atoms with Crippen LogP contribution in [0, 0.1) is 11.7 Å². The van der Waals surface area contributed by atoms with Crippen molar-refractivity contribution in [3.05, 3.63) is 83.4 Å². The molecule has 3 atom stereocenters. The Labute approximate surface area is 456 Å². The van der Waals surface area contributed by atoms with Crippen molar-refractivity contribution in [2.75, 3.05) is 62.7 Å². The Hall–Kier alpha value is -5.98. The number of aromatic nitrogens is 1. The third-order valence-electron chi connectivity index (χ3n) is 14.5. The van der Waals surface area contributed by atoms with E-state index in [1.54, 1.807) is 48.7 Å². The van der Waals surface area contributed by atoms with Gasteiger partial charge in [-0.2, -0.15) is 5.10 Å². The molecular weight excluding hydrogens is 1050 g/mol. The SMILES string of the molecule is [B]C12OB=C(Nc3ccc(CNC(=O)N4CCC(N5CCN(C(=O)CCSSC(C)(C)CC(=O)N/N=C6\CCS(=O)(=O)c7cc(OCCCC(=O)ON8C(=O)CCC8=O)ccc76)CC5)CC4)c(F)c3)C1C2c1cccnc1. The van der Waals surface area contributed by atoms with E-state index in [1.807, 2.05) is 30.9 Å². The summed E-state index contributed by atoms with van der Waals surface area (Å²) in [6.07, 6.45) is 5.70. The van der Waals surface area contributed by atoms with Crippen LogP contribution in [0.2, 0.25) is 0 Å². The Kier molecular flexibility index (Phi) is 17.3. The number of likely N-dealkylation sites (tertiary alicyclic amines) is 1. The Morgan fingerprint density at radius 2 is 1.74 bits per heavy atom. The van der Waals surface area contributed by atoms with Gasteiger partial charge in [0.25, 0.3) is 11.8 Å². The molecule has 3 aromatic rings. The zero-order chi connectivity index (χ0) is 54.5. The summed E-state index contributed by atoms with van der Waals surface area (Å²) in [5.74, 6) is -2.14. The maximum absolute atomic E-state index is 15.3. The third-order valence-corrected chi connectivity index (χ3v) is 19.5. The number of benzene rings is 2. The minimum atomic E-state index is -3.67. The van der Waals surface area contributed by atoms with Crippen LogP contribution in [0.1, 0.15) is 94.2 Å². The summed E-state index contributed by atoms with van der Waals surface area (Å²) in [6.45, 7) is 7.85. The number of nitrogens with one attached hydrogen (secondary N) is 3. The number of nitrogens with zero attached hydrogens (tertiary/aromatic N) is 6. The van der Waals surface area contributed by atoms with Crippen LogP contribution in [-0.2, 0) is 49.8 Å². The predicted octanol–water partition coefficient (Wildman–Crippen LogP) is 3.91. The summed E-state index contributed by atoms with van der Waals surface area (Å²) in [5.41, 5.74) is 5.19. The molecule has 6 amide bonds. The quantitative estimate of drug-likeness (QED) is 0.0478. The van der Waals surface area contributed by atoms with Crippen molar-refractivity contribution >= 4 is 99.0 Å². The molecule has 2 aromatic carbocycles. The summed E-state index contributed by atoms with van der Waals surface area (Å²) in [7, 11) is 7.46. The number of piperazine rings is 1. The summed E-state index contributed by atoms with van der Waals surface area (Å²) in [6, 6.07) is 13.3. The van der Waals surface area contributed by atoms with Crippen LogP contribution in [0.4, 0.5) is 14.9 Å². The normalized spacial score (nSPS) is 22.6. The topological polar surface area (TPSA) is 239 Å². The molecule has 2 radical (unpaired) electrons. The number of sulfone groups is 1. The summed E-state index contributed by atoms with van der Waals surface area (Å²) >= 11 is 0. The van der Waals surface area contributed by atoms with Gasteiger partial charge in [0.1, 0.15) is 5.75 Å². The first kappa shape index (κ1) is 55.8. The number of fused-ring (bicyclic) bond motifs is 2. The number of hydrogen-bond acceptors (Lipinski definition) is 17. The fourth-order valence-corrected chi connectivity index (χ4v) is 14.2. The van der Waals surface area contributed by atoms with E-state index in [9.17, 15) is 37.2 Å². The van der Waals surface area contributed by atoms with Gasteiger partial charge in [-0.05, 0) is 38.5 Å². The predicted molar refractivity (Wildman–Crippen MR) is 289 cm³/mol. The second-order valence-electron chi connectivity index (χ2n) is 20.4. The number of carbonyl (C=O) groups excluding carboxylic acids is 6. The zero-order valence-electron chi connectivity index (χ0n) is 42.9. The molecule has 4 fully saturated rings. The van der Waals surface area contributed by atoms with Crippen molar-refractivity contribution in [3.63, 3.8) is 0 Å². The number of pyridine rings is 1. The summed E-state index contributed by atoms with van der Waals surface area (Å²) < 4.78 is 52.3. The van der Waals surface area contributed by atoms with E-state index in [0.717, 1.165) is 37.1 Å². The van der Waals surface area contributed by atoms with Gasteiger partial charge in [0.15, 0.2) is 9.84 Å². The van der Waals surface area contributed by atoms with Crippen LogP contribution in [-0.4, -0.2) is 169 Å². The van der Waals surface area contributed by atoms with Crippen molar-refractivity contribution in [2.45, 2.75) is 105 Å². The van der Waals surface area contributed by atoms with Gasteiger partial charge in [0, 0.05) is 80.4 Å². The maximum atomic E-state index is 15.3. The van der Waals surface area contributed by atoms with Gasteiger partial charge in [-0.15, -0.1) is 5.06 Å². The van der Waals surface area contributed by atoms with E-state index in [-0.39, 0.29) is 97.8 Å². The first-order valence-electron chi connectivity index (χ1n) is 25.8. The number of carbonyl (C=O) groups is 6. The molecule has 406 valence electrons. The molecule has 9 rings (SSSR count). The van der Waals surface area contributed by atoms with Crippen molar-refractivity contribution < 1.29 is 55.8 Å². The molecule has 5 aliphatic heterocycles. The number of imide groups is 1. The molecule has 6 aliphatic rings. The Bertz CT molecular complexity index is 2930. The molecule has 0 bridgehead atoms. The second kappa shape index (κ2) is 23.9. The van der Waals surface area contributed by atoms with Gasteiger partial charge in [-0.25, -0.2) is 18.6 Å². The zero-order valence-corrected chi connectivity index (χ0v) is 45.3. The van der Waals surface area contributed by atoms with Gasteiger partial charge in [0.05, 0.1) is 29.4 Å². The second-order valence-corrected chi connectivity index (χ2v) is 25.6. The number of amides is 6. The number of hydrogen-bond donors (Lipinski definition) is 3. The van der Waals surface area contributed by atoms with E-state index in [4.69, 9.17) is 22.1 Å². The number of hydrazone groups is 1. The molecule has 1 aliphatic carbocycles. The minimum absolute atomic E-state index is 0.00765. The molecule has 3 N–H and O–H groups in total. The molecule has 3 saturated heterocycles. The van der Waals surface area contributed by atoms with Crippen molar-refractivity contribution in [3.8, 4) is 5.75 Å². The fourth-order valence-electron chi connectivity index (χ4n) is 10.3. The van der Waals surface area contributed by atoms with E-state index in [0.29, 0.717) is 72.0 Å². The molecule has 1 saturated carbocycles. The molecule has 20 nitrogen and oxygen atoms in total. The monoisotopic (exact) mass is 1110 g/mol. The number of ether oxygens (including phenoxy) is 1. The summed E-state index contributed by atoms with van der Waals surface area (Å²) in [5, 5.41) is 10.9. The molecule has 77 heavy (non-hydrogen) atoms. The first-order valence-corrected chi connectivity index (χ1v) is 29.7. The Morgan fingerprint density at radius 1 is 0.974 bits per heavy atom. The molecule has 26 heteroatoms. The third kappa shape index (κ3) is 13.5. The number of hydroxylamine groups is 2. The average Bonchev–Trinajstić information content (AvgIpc) is 3.93. The van der Waals surface area contributed by atoms with E-state index in [2.05, 4.69) is 31.0 Å². The van der Waals surface area contributed by atoms with E-state index < -0.39 is 43.7 Å². The number of urea groups is 1.